The molecule has 2 rings (SSSR count). The fraction of sp³-hybridized carbons (Fsp3) is 0.263. The summed E-state index contributed by atoms with van der Waals surface area (Å²) < 4.78 is 5.62. The number of rotatable bonds is 8. The molecule has 2 atom stereocenters. The van der Waals surface area contributed by atoms with E-state index >= 15 is 0 Å². The summed E-state index contributed by atoms with van der Waals surface area (Å²) in [5.41, 5.74) is 0.843. The number of ether oxygens (including phenoxy) is 1. The van der Waals surface area contributed by atoms with Crippen LogP contribution in [0.4, 0.5) is 4.79 Å². The third-order valence-corrected chi connectivity index (χ3v) is 4.34. The first-order chi connectivity index (χ1) is 12.9. The van der Waals surface area contributed by atoms with E-state index in [2.05, 4.69) is 21.2 Å². The number of carbonyl (C=O) groups excluding carboxylic acids is 1. The molecule has 7 nitrogen and oxygen atoms in total. The number of carboxylic acid groups (broad SMARTS) is 1. The molecule has 0 saturated heterocycles. The van der Waals surface area contributed by atoms with Gasteiger partial charge in [0.1, 0.15) is 12.7 Å². The van der Waals surface area contributed by atoms with Crippen LogP contribution >= 0.6 is 15.9 Å². The molecule has 0 radical (unpaired) electrons. The predicted molar refractivity (Wildman–Crippen MR) is 101 cm³/mol. The van der Waals surface area contributed by atoms with Crippen LogP contribution in [-0.4, -0.2) is 40.0 Å². The molecule has 8 heteroatoms. The summed E-state index contributed by atoms with van der Waals surface area (Å²) in [4.78, 5) is 22.9. The Morgan fingerprint density at radius 1 is 1.11 bits per heavy atom. The van der Waals surface area contributed by atoms with E-state index in [1.165, 1.54) is 18.2 Å². The summed E-state index contributed by atoms with van der Waals surface area (Å²) in [6.45, 7) is 0.181. The molecule has 0 bridgehead atoms. The lowest BCUT2D eigenvalue weighted by atomic mass is 9.97. The van der Waals surface area contributed by atoms with Crippen molar-refractivity contribution >= 4 is 28.0 Å². The number of benzene rings is 2. The Hall–Kier alpha value is -2.42. The number of carbonyl (C=O) groups is 2. The zero-order valence-electron chi connectivity index (χ0n) is 14.3. The summed E-state index contributed by atoms with van der Waals surface area (Å²) in [5.74, 6) is -1.20. The van der Waals surface area contributed by atoms with Crippen LogP contribution in [0, 0.1) is 0 Å². The molecular formula is C19H20BrNO6. The van der Waals surface area contributed by atoms with E-state index in [1.807, 2.05) is 30.3 Å². The van der Waals surface area contributed by atoms with Gasteiger partial charge in [-0.15, -0.1) is 0 Å². The van der Waals surface area contributed by atoms with Gasteiger partial charge in [0.15, 0.2) is 0 Å². The number of nitrogens with one attached hydrogen (secondary N) is 1. The molecule has 2 unspecified atom stereocenters. The van der Waals surface area contributed by atoms with E-state index < -0.39 is 24.3 Å². The number of aliphatic hydroxyl groups is 2. The first-order valence-corrected chi connectivity index (χ1v) is 9.01. The fourth-order valence-corrected chi connectivity index (χ4v) is 2.81. The predicted octanol–water partition coefficient (Wildman–Crippen LogP) is 2.86. The van der Waals surface area contributed by atoms with E-state index in [4.69, 9.17) is 4.74 Å². The van der Waals surface area contributed by atoms with Crippen LogP contribution in [0.5, 0.6) is 0 Å². The lowest BCUT2D eigenvalue weighted by molar-refractivity contribution is 0.0127. The molecule has 0 aromatic heterocycles. The molecular weight excluding hydrogens is 418 g/mol. The first kappa shape index (κ1) is 20.9. The smallest absolute Gasteiger partial charge is 0.407 e. The van der Waals surface area contributed by atoms with Gasteiger partial charge in [-0.1, -0.05) is 46.3 Å². The highest BCUT2D eigenvalue weighted by atomic mass is 79.9. The molecule has 0 heterocycles. The Morgan fingerprint density at radius 2 is 1.81 bits per heavy atom. The van der Waals surface area contributed by atoms with Crippen molar-refractivity contribution in [1.29, 1.82) is 0 Å². The summed E-state index contributed by atoms with van der Waals surface area (Å²) in [6.07, 6.45) is -3.29. The average molecular weight is 438 g/mol. The third kappa shape index (κ3) is 6.35. The van der Waals surface area contributed by atoms with Crippen LogP contribution in [0.1, 0.15) is 34.0 Å². The van der Waals surface area contributed by atoms with Gasteiger partial charge in [-0.3, -0.25) is 0 Å². The van der Waals surface area contributed by atoms with Crippen molar-refractivity contribution < 1.29 is 29.6 Å². The second-order valence-electron chi connectivity index (χ2n) is 5.83. The van der Waals surface area contributed by atoms with Crippen molar-refractivity contribution in [3.8, 4) is 0 Å². The minimum absolute atomic E-state index is 0.0210. The highest BCUT2D eigenvalue weighted by molar-refractivity contribution is 9.10. The maximum absolute atomic E-state index is 11.7. The first-order valence-electron chi connectivity index (χ1n) is 8.22. The van der Waals surface area contributed by atoms with Gasteiger partial charge in [-0.2, -0.15) is 0 Å². The maximum atomic E-state index is 11.7. The standard InChI is InChI=1S/C19H20BrNO6/c20-13-6-7-14(18(24)25)15(10-13)17(23)16(22)8-9-21-19(26)27-11-12-4-2-1-3-5-12/h1-7,10,16-17,22-23H,8-9,11H2,(H,21,26)(H,24,25). The molecule has 0 aliphatic carbocycles. The summed E-state index contributed by atoms with van der Waals surface area (Å²) >= 11 is 3.21. The number of aromatic carboxylic acids is 1. The Kier molecular flexibility index (Phi) is 7.78. The van der Waals surface area contributed by atoms with Crippen LogP contribution < -0.4 is 5.32 Å². The Morgan fingerprint density at radius 3 is 2.48 bits per heavy atom. The van der Waals surface area contributed by atoms with Crippen molar-refractivity contribution in [1.82, 2.24) is 5.32 Å². The normalized spacial score (nSPS) is 12.9. The summed E-state index contributed by atoms with van der Waals surface area (Å²) in [6, 6.07) is 13.5. The number of aliphatic hydroxyl groups excluding tert-OH is 2. The zero-order valence-corrected chi connectivity index (χ0v) is 15.9. The second-order valence-corrected chi connectivity index (χ2v) is 6.74. The van der Waals surface area contributed by atoms with E-state index in [-0.39, 0.29) is 30.7 Å². The van der Waals surface area contributed by atoms with E-state index in [9.17, 15) is 24.9 Å². The fourth-order valence-electron chi connectivity index (χ4n) is 2.43. The Labute approximate surface area is 164 Å². The maximum Gasteiger partial charge on any atom is 0.407 e. The molecule has 27 heavy (non-hydrogen) atoms. The van der Waals surface area contributed by atoms with Gasteiger partial charge in [-0.25, -0.2) is 9.59 Å². The largest absolute Gasteiger partial charge is 0.478 e. The van der Waals surface area contributed by atoms with Gasteiger partial charge in [0.25, 0.3) is 0 Å². The molecule has 4 N–H and O–H groups in total. The Balaban J connectivity index is 1.83. The van der Waals surface area contributed by atoms with E-state index in [0.29, 0.717) is 4.47 Å². The summed E-state index contributed by atoms with van der Waals surface area (Å²) in [7, 11) is 0. The average Bonchev–Trinajstić information content (AvgIpc) is 2.66. The molecule has 0 saturated carbocycles. The monoisotopic (exact) mass is 437 g/mol. The van der Waals surface area contributed by atoms with Crippen molar-refractivity contribution in [3.63, 3.8) is 0 Å². The number of halogens is 1. The molecule has 2 aromatic rings. The minimum atomic E-state index is -1.41. The number of hydrogen-bond donors (Lipinski definition) is 4. The van der Waals surface area contributed by atoms with Crippen LogP contribution in [0.2, 0.25) is 0 Å². The van der Waals surface area contributed by atoms with Crippen LogP contribution in [0.25, 0.3) is 0 Å². The molecule has 0 aliphatic heterocycles. The van der Waals surface area contributed by atoms with E-state index in [0.717, 1.165) is 5.56 Å². The van der Waals surface area contributed by atoms with Gasteiger partial charge < -0.3 is 25.4 Å². The van der Waals surface area contributed by atoms with Gasteiger partial charge in [-0.05, 0) is 35.7 Å². The highest BCUT2D eigenvalue weighted by Crippen LogP contribution is 2.26. The number of alkyl carbamates (subject to hydrolysis) is 1. The molecule has 1 amide bonds. The van der Waals surface area contributed by atoms with Crippen LogP contribution in [0.3, 0.4) is 0 Å². The molecule has 0 aliphatic rings. The van der Waals surface area contributed by atoms with Crippen molar-refractivity contribution in [2.75, 3.05) is 6.54 Å². The topological polar surface area (TPSA) is 116 Å². The summed E-state index contributed by atoms with van der Waals surface area (Å²) in [5, 5.41) is 32.1. The van der Waals surface area contributed by atoms with Crippen LogP contribution in [-0.2, 0) is 11.3 Å². The second kappa shape index (κ2) is 10.1. The lowest BCUT2D eigenvalue weighted by Crippen LogP contribution is -2.30. The van der Waals surface area contributed by atoms with Crippen LogP contribution in [0.15, 0.2) is 53.0 Å². The Bertz CT molecular complexity index is 783. The SMILES string of the molecule is O=C(NCCC(O)C(O)c1cc(Br)ccc1C(=O)O)OCc1ccccc1. The minimum Gasteiger partial charge on any atom is -0.478 e. The van der Waals surface area contributed by atoms with Crippen molar-refractivity contribution in [2.24, 2.45) is 0 Å². The number of carboxylic acids is 1. The van der Waals surface area contributed by atoms with Crippen molar-refractivity contribution in [3.05, 3.63) is 69.7 Å². The third-order valence-electron chi connectivity index (χ3n) is 3.85. The number of amides is 1. The molecule has 0 fully saturated rings. The van der Waals surface area contributed by atoms with Crippen molar-refractivity contribution in [2.45, 2.75) is 25.2 Å². The quantitative estimate of drug-likeness (QED) is 0.504. The highest BCUT2D eigenvalue weighted by Gasteiger charge is 2.24. The molecule has 144 valence electrons. The molecule has 0 spiro atoms. The van der Waals surface area contributed by atoms with Gasteiger partial charge in [0, 0.05) is 11.0 Å². The lowest BCUT2D eigenvalue weighted by Gasteiger charge is -2.20. The van der Waals surface area contributed by atoms with E-state index in [1.54, 1.807) is 0 Å². The zero-order chi connectivity index (χ0) is 19.8. The molecule has 2 aromatic carbocycles. The van der Waals surface area contributed by atoms with Gasteiger partial charge >= 0.3 is 12.1 Å². The number of hydrogen-bond acceptors (Lipinski definition) is 5. The van der Waals surface area contributed by atoms with Gasteiger partial charge in [0.2, 0.25) is 0 Å². The van der Waals surface area contributed by atoms with Gasteiger partial charge in [0.05, 0.1) is 11.7 Å².